The minimum atomic E-state index is -0.519. The fourth-order valence-corrected chi connectivity index (χ4v) is 2.87. The molecule has 20 heavy (non-hydrogen) atoms. The topological polar surface area (TPSA) is 66.5 Å². The molecule has 5 nitrogen and oxygen atoms in total. The minimum Gasteiger partial charge on any atom is -0.326 e. The fourth-order valence-electron chi connectivity index (χ4n) is 2.87. The molecule has 1 N–H and O–H groups in total. The van der Waals surface area contributed by atoms with Gasteiger partial charge < -0.3 is 4.90 Å². The van der Waals surface area contributed by atoms with Crippen molar-refractivity contribution >= 4 is 17.7 Å². The van der Waals surface area contributed by atoms with Crippen LogP contribution in [-0.4, -0.2) is 28.7 Å². The van der Waals surface area contributed by atoms with E-state index in [9.17, 15) is 14.4 Å². The summed E-state index contributed by atoms with van der Waals surface area (Å²) in [6, 6.07) is 5.53. The number of carbonyl (C=O) groups excluding carboxylic acids is 3. The molecule has 2 aliphatic heterocycles. The third kappa shape index (κ3) is 2.19. The van der Waals surface area contributed by atoms with Gasteiger partial charge in [-0.05, 0) is 24.5 Å². The Morgan fingerprint density at radius 1 is 1.20 bits per heavy atom. The molecule has 2 heterocycles. The zero-order chi connectivity index (χ0) is 14.3. The van der Waals surface area contributed by atoms with E-state index < -0.39 is 6.04 Å². The van der Waals surface area contributed by atoms with Gasteiger partial charge in [0.1, 0.15) is 6.04 Å². The van der Waals surface area contributed by atoms with Crippen LogP contribution in [0, 0.1) is 6.92 Å². The molecule has 1 aromatic rings. The van der Waals surface area contributed by atoms with Gasteiger partial charge in [0.2, 0.25) is 17.7 Å². The van der Waals surface area contributed by atoms with Gasteiger partial charge in [-0.15, -0.1) is 0 Å². The predicted octanol–water partition coefficient (Wildman–Crippen LogP) is 0.685. The Hall–Kier alpha value is -2.17. The molecule has 2 aliphatic rings. The van der Waals surface area contributed by atoms with E-state index in [0.29, 0.717) is 25.8 Å². The normalized spacial score (nSPS) is 22.6. The van der Waals surface area contributed by atoms with Crippen LogP contribution in [0.2, 0.25) is 0 Å². The third-order valence-corrected chi connectivity index (χ3v) is 3.95. The van der Waals surface area contributed by atoms with Crippen LogP contribution in [0.15, 0.2) is 18.2 Å². The highest BCUT2D eigenvalue weighted by molar-refractivity contribution is 6.01. The van der Waals surface area contributed by atoms with E-state index in [1.54, 1.807) is 4.90 Å². The molecular weight excluding hydrogens is 256 g/mol. The summed E-state index contributed by atoms with van der Waals surface area (Å²) >= 11 is 0. The molecule has 0 saturated carbocycles. The predicted molar refractivity (Wildman–Crippen MR) is 71.6 cm³/mol. The Bertz CT molecular complexity index is 609. The van der Waals surface area contributed by atoms with Gasteiger partial charge in [-0.3, -0.25) is 19.7 Å². The number of rotatable bonds is 1. The number of fused-ring (bicyclic) bond motifs is 1. The summed E-state index contributed by atoms with van der Waals surface area (Å²) in [5.41, 5.74) is 3.25. The lowest BCUT2D eigenvalue weighted by Gasteiger charge is -2.36. The quantitative estimate of drug-likeness (QED) is 0.765. The summed E-state index contributed by atoms with van der Waals surface area (Å²) in [5.74, 6) is -0.658. The van der Waals surface area contributed by atoms with Gasteiger partial charge in [0.15, 0.2) is 0 Å². The molecule has 5 heteroatoms. The van der Waals surface area contributed by atoms with Crippen molar-refractivity contribution in [3.63, 3.8) is 0 Å². The highest BCUT2D eigenvalue weighted by Gasteiger charge is 2.36. The Kier molecular flexibility index (Phi) is 3.04. The van der Waals surface area contributed by atoms with Crippen LogP contribution in [0.3, 0.4) is 0 Å². The standard InChI is InChI=1S/C15H16N2O3/c1-9-2-3-10-8-17(14(19)7-11(10)6-9)12-4-5-13(18)16-15(12)20/h2-3,6,12H,4-5,7-8H2,1H3,(H,16,18,20). The second kappa shape index (κ2) is 4.74. The van der Waals surface area contributed by atoms with Crippen LogP contribution in [-0.2, 0) is 27.3 Å². The van der Waals surface area contributed by atoms with Crippen LogP contribution in [0.25, 0.3) is 0 Å². The number of hydrogen-bond donors (Lipinski definition) is 1. The van der Waals surface area contributed by atoms with Gasteiger partial charge in [-0.2, -0.15) is 0 Å². The maximum Gasteiger partial charge on any atom is 0.249 e. The number of benzene rings is 1. The summed E-state index contributed by atoms with van der Waals surface area (Å²) in [6.07, 6.45) is 1.04. The minimum absolute atomic E-state index is 0.0439. The first kappa shape index (κ1) is 12.8. The number of nitrogens with zero attached hydrogens (tertiary/aromatic N) is 1. The molecule has 0 spiro atoms. The Labute approximate surface area is 116 Å². The van der Waals surface area contributed by atoms with E-state index in [1.165, 1.54) is 0 Å². The van der Waals surface area contributed by atoms with Gasteiger partial charge in [-0.25, -0.2) is 0 Å². The summed E-state index contributed by atoms with van der Waals surface area (Å²) in [6.45, 7) is 2.44. The molecular formula is C15H16N2O3. The van der Waals surface area contributed by atoms with Crippen molar-refractivity contribution in [2.45, 2.75) is 38.8 Å². The molecule has 0 aromatic heterocycles. The lowest BCUT2D eigenvalue weighted by atomic mass is 9.94. The smallest absolute Gasteiger partial charge is 0.249 e. The third-order valence-electron chi connectivity index (χ3n) is 3.95. The van der Waals surface area contributed by atoms with Crippen LogP contribution < -0.4 is 5.32 Å². The molecule has 1 fully saturated rings. The number of aryl methyl sites for hydroxylation is 1. The van der Waals surface area contributed by atoms with E-state index in [2.05, 4.69) is 5.32 Å². The Balaban J connectivity index is 1.85. The molecule has 1 atom stereocenters. The summed E-state index contributed by atoms with van der Waals surface area (Å²) in [4.78, 5) is 36.9. The van der Waals surface area contributed by atoms with E-state index in [4.69, 9.17) is 0 Å². The lowest BCUT2D eigenvalue weighted by Crippen LogP contribution is -2.55. The monoisotopic (exact) mass is 272 g/mol. The van der Waals surface area contributed by atoms with E-state index in [-0.39, 0.29) is 17.7 Å². The summed E-state index contributed by atoms with van der Waals surface area (Å²) in [7, 11) is 0. The Morgan fingerprint density at radius 3 is 2.75 bits per heavy atom. The van der Waals surface area contributed by atoms with Crippen LogP contribution in [0.5, 0.6) is 0 Å². The van der Waals surface area contributed by atoms with Crippen molar-refractivity contribution in [3.05, 3.63) is 34.9 Å². The fraction of sp³-hybridized carbons (Fsp3) is 0.400. The van der Waals surface area contributed by atoms with E-state index >= 15 is 0 Å². The first-order chi connectivity index (χ1) is 9.54. The van der Waals surface area contributed by atoms with Crippen LogP contribution in [0.1, 0.15) is 29.5 Å². The van der Waals surface area contributed by atoms with Gasteiger partial charge in [-0.1, -0.05) is 23.8 Å². The molecule has 3 rings (SSSR count). The molecule has 0 radical (unpaired) electrons. The van der Waals surface area contributed by atoms with Crippen molar-refractivity contribution in [3.8, 4) is 0 Å². The molecule has 1 aromatic carbocycles. The van der Waals surface area contributed by atoms with Gasteiger partial charge in [0.05, 0.1) is 6.42 Å². The van der Waals surface area contributed by atoms with Crippen LogP contribution in [0.4, 0.5) is 0 Å². The molecule has 104 valence electrons. The molecule has 0 bridgehead atoms. The second-order valence-electron chi connectivity index (χ2n) is 5.44. The van der Waals surface area contributed by atoms with Crippen molar-refractivity contribution in [2.24, 2.45) is 0 Å². The molecule has 3 amide bonds. The van der Waals surface area contributed by atoms with Crippen molar-refractivity contribution in [1.29, 1.82) is 0 Å². The SMILES string of the molecule is Cc1ccc2c(c1)CC(=O)N(C1CCC(=O)NC1=O)C2. The van der Waals surface area contributed by atoms with Gasteiger partial charge >= 0.3 is 0 Å². The highest BCUT2D eigenvalue weighted by Crippen LogP contribution is 2.25. The largest absolute Gasteiger partial charge is 0.326 e. The zero-order valence-electron chi connectivity index (χ0n) is 11.3. The summed E-state index contributed by atoms with van der Waals surface area (Å²) in [5, 5.41) is 2.31. The maximum absolute atomic E-state index is 12.3. The maximum atomic E-state index is 12.3. The number of hydrogen-bond acceptors (Lipinski definition) is 3. The van der Waals surface area contributed by atoms with Crippen molar-refractivity contribution in [2.75, 3.05) is 0 Å². The van der Waals surface area contributed by atoms with Crippen LogP contribution >= 0.6 is 0 Å². The Morgan fingerprint density at radius 2 is 2.00 bits per heavy atom. The number of piperidine rings is 1. The number of amides is 3. The molecule has 1 unspecified atom stereocenters. The first-order valence-corrected chi connectivity index (χ1v) is 6.76. The highest BCUT2D eigenvalue weighted by atomic mass is 16.2. The first-order valence-electron chi connectivity index (χ1n) is 6.76. The number of carbonyl (C=O) groups is 3. The zero-order valence-corrected chi connectivity index (χ0v) is 11.3. The molecule has 1 saturated heterocycles. The van der Waals surface area contributed by atoms with Crippen molar-refractivity contribution in [1.82, 2.24) is 10.2 Å². The molecule has 0 aliphatic carbocycles. The second-order valence-corrected chi connectivity index (χ2v) is 5.44. The van der Waals surface area contributed by atoms with E-state index in [1.807, 2.05) is 25.1 Å². The summed E-state index contributed by atoms with van der Waals surface area (Å²) < 4.78 is 0. The lowest BCUT2D eigenvalue weighted by molar-refractivity contribution is -0.146. The van der Waals surface area contributed by atoms with E-state index in [0.717, 1.165) is 16.7 Å². The van der Waals surface area contributed by atoms with Crippen molar-refractivity contribution < 1.29 is 14.4 Å². The van der Waals surface area contributed by atoms with Gasteiger partial charge in [0.25, 0.3) is 0 Å². The number of imide groups is 1. The number of nitrogens with one attached hydrogen (secondary N) is 1. The average Bonchev–Trinajstić information content (AvgIpc) is 2.38. The van der Waals surface area contributed by atoms with Gasteiger partial charge in [0, 0.05) is 13.0 Å². The average molecular weight is 272 g/mol.